The molecule has 0 aromatic heterocycles. The van der Waals surface area contributed by atoms with E-state index in [2.05, 4.69) is 27.7 Å². The van der Waals surface area contributed by atoms with Crippen molar-refractivity contribution in [2.45, 2.75) is 40.0 Å². The summed E-state index contributed by atoms with van der Waals surface area (Å²) in [6.07, 6.45) is 3.74. The molecule has 1 atom stereocenters. The Bertz CT molecular complexity index is 55.1. The van der Waals surface area contributed by atoms with Crippen LogP contribution in [0.2, 0.25) is 0 Å². The van der Waals surface area contributed by atoms with Crippen LogP contribution in [-0.4, -0.2) is 0 Å². The van der Waals surface area contributed by atoms with E-state index in [1.54, 1.807) is 0 Å². The first kappa shape index (κ1) is 8.87. The fourth-order valence-electron chi connectivity index (χ4n) is 1.27. The molecule has 0 rings (SSSR count). The molecule has 0 bridgehead atoms. The smallest absolute Gasteiger partial charge is 0.0628 e. The maximum absolute atomic E-state index is 3.83. The Morgan fingerprint density at radius 3 is 2.11 bits per heavy atom. The van der Waals surface area contributed by atoms with Gasteiger partial charge in [0.25, 0.3) is 0 Å². The summed E-state index contributed by atoms with van der Waals surface area (Å²) in [5.74, 6) is 1.73. The summed E-state index contributed by atoms with van der Waals surface area (Å²) in [7, 11) is 0. The van der Waals surface area contributed by atoms with Crippen LogP contribution in [0.15, 0.2) is 0 Å². The van der Waals surface area contributed by atoms with Gasteiger partial charge < -0.3 is 0 Å². The average Bonchev–Trinajstić information content (AvgIpc) is 1.63. The fourth-order valence-corrected chi connectivity index (χ4v) is 1.27. The first-order chi connectivity index (χ1) is 4.16. The molecule has 0 nitrogen and oxygen atoms in total. The molecule has 0 saturated carbocycles. The second-order valence-corrected chi connectivity index (χ2v) is 3.38. The first-order valence-corrected chi connectivity index (χ1v) is 3.96. The number of hydrogen-bond donors (Lipinski definition) is 0. The van der Waals surface area contributed by atoms with Crippen LogP contribution in [0.1, 0.15) is 40.0 Å². The minimum absolute atomic E-state index is 0.853. The SMILES string of the molecule is [CH2+]CCC(C)CC(C)C. The predicted octanol–water partition coefficient (Wildman–Crippen LogP) is 3.28. The van der Waals surface area contributed by atoms with E-state index in [0.29, 0.717) is 0 Å². The highest BCUT2D eigenvalue weighted by Gasteiger charge is 2.03. The maximum Gasteiger partial charge on any atom is 0.0853 e. The van der Waals surface area contributed by atoms with Crippen molar-refractivity contribution < 1.29 is 0 Å². The van der Waals surface area contributed by atoms with Gasteiger partial charge in [-0.3, -0.25) is 0 Å². The van der Waals surface area contributed by atoms with Gasteiger partial charge in [0.1, 0.15) is 0 Å². The molecule has 0 spiro atoms. The molecule has 0 amide bonds. The van der Waals surface area contributed by atoms with E-state index in [1.807, 2.05) is 0 Å². The molecule has 0 heterocycles. The largest absolute Gasteiger partial charge is 0.0853 e. The highest BCUT2D eigenvalue weighted by atomic mass is 14.1. The molecule has 0 saturated heterocycles. The van der Waals surface area contributed by atoms with E-state index >= 15 is 0 Å². The maximum atomic E-state index is 3.83. The molecule has 54 valence electrons. The van der Waals surface area contributed by atoms with Gasteiger partial charge >= 0.3 is 0 Å². The summed E-state index contributed by atoms with van der Waals surface area (Å²) in [5, 5.41) is 0. The van der Waals surface area contributed by atoms with E-state index in [0.717, 1.165) is 18.3 Å². The van der Waals surface area contributed by atoms with Crippen molar-refractivity contribution in [1.82, 2.24) is 0 Å². The van der Waals surface area contributed by atoms with Crippen LogP contribution in [0.5, 0.6) is 0 Å². The van der Waals surface area contributed by atoms with Gasteiger partial charge in [-0.05, 0) is 24.7 Å². The quantitative estimate of drug-likeness (QED) is 0.508. The normalized spacial score (nSPS) is 14.2. The summed E-state index contributed by atoms with van der Waals surface area (Å²) in [6, 6.07) is 0. The highest BCUT2D eigenvalue weighted by molar-refractivity contribution is 4.56. The zero-order chi connectivity index (χ0) is 7.28. The monoisotopic (exact) mass is 127 g/mol. The van der Waals surface area contributed by atoms with Crippen LogP contribution in [0, 0.1) is 18.8 Å². The van der Waals surface area contributed by atoms with Crippen molar-refractivity contribution in [3.8, 4) is 0 Å². The molecular weight excluding hydrogens is 108 g/mol. The minimum Gasteiger partial charge on any atom is -0.0628 e. The highest BCUT2D eigenvalue weighted by Crippen LogP contribution is 2.15. The molecule has 0 aliphatic carbocycles. The summed E-state index contributed by atoms with van der Waals surface area (Å²) >= 11 is 0. The molecule has 0 aromatic carbocycles. The van der Waals surface area contributed by atoms with E-state index in [9.17, 15) is 0 Å². The third kappa shape index (κ3) is 5.75. The fraction of sp³-hybridized carbons (Fsp3) is 0.889. The average molecular weight is 127 g/mol. The lowest BCUT2D eigenvalue weighted by atomic mass is 9.95. The van der Waals surface area contributed by atoms with Crippen molar-refractivity contribution in [2.75, 3.05) is 0 Å². The van der Waals surface area contributed by atoms with Gasteiger partial charge in [-0.25, -0.2) is 0 Å². The lowest BCUT2D eigenvalue weighted by Gasteiger charge is -2.10. The van der Waals surface area contributed by atoms with Crippen molar-refractivity contribution in [1.29, 1.82) is 0 Å². The van der Waals surface area contributed by atoms with Crippen LogP contribution in [0.4, 0.5) is 0 Å². The van der Waals surface area contributed by atoms with Crippen molar-refractivity contribution in [2.24, 2.45) is 11.8 Å². The van der Waals surface area contributed by atoms with E-state index in [1.165, 1.54) is 12.8 Å². The molecule has 1 unspecified atom stereocenters. The van der Waals surface area contributed by atoms with Crippen LogP contribution in [-0.2, 0) is 0 Å². The Morgan fingerprint density at radius 1 is 1.22 bits per heavy atom. The standard InChI is InChI=1S/C9H19/c1-5-6-9(4)7-8(2)3/h8-9H,1,5-7H2,2-4H3/q+1. The molecule has 9 heavy (non-hydrogen) atoms. The van der Waals surface area contributed by atoms with Crippen LogP contribution < -0.4 is 0 Å². The summed E-state index contributed by atoms with van der Waals surface area (Å²) in [6.45, 7) is 10.7. The van der Waals surface area contributed by atoms with Crippen LogP contribution in [0.25, 0.3) is 0 Å². The third-order valence-electron chi connectivity index (χ3n) is 1.57. The van der Waals surface area contributed by atoms with Crippen molar-refractivity contribution in [3.05, 3.63) is 6.92 Å². The Balaban J connectivity index is 3.15. The number of hydrogen-bond acceptors (Lipinski definition) is 0. The molecule has 0 fully saturated rings. The first-order valence-electron chi connectivity index (χ1n) is 3.96. The third-order valence-corrected chi connectivity index (χ3v) is 1.57. The second kappa shape index (κ2) is 4.72. The number of rotatable bonds is 4. The van der Waals surface area contributed by atoms with Gasteiger partial charge in [-0.15, -0.1) is 0 Å². The van der Waals surface area contributed by atoms with Gasteiger partial charge in [0.2, 0.25) is 0 Å². The lowest BCUT2D eigenvalue weighted by molar-refractivity contribution is 0.417. The van der Waals surface area contributed by atoms with Crippen molar-refractivity contribution in [3.63, 3.8) is 0 Å². The minimum atomic E-state index is 0.853. The second-order valence-electron chi connectivity index (χ2n) is 3.38. The Hall–Kier alpha value is -0.130. The zero-order valence-electron chi connectivity index (χ0n) is 6.98. The zero-order valence-corrected chi connectivity index (χ0v) is 6.98. The molecule has 0 heteroatoms. The Morgan fingerprint density at radius 2 is 1.78 bits per heavy atom. The van der Waals surface area contributed by atoms with Gasteiger partial charge in [0, 0.05) is 0 Å². The van der Waals surface area contributed by atoms with Crippen LogP contribution in [0.3, 0.4) is 0 Å². The lowest BCUT2D eigenvalue weighted by Crippen LogP contribution is -1.98. The molecule has 0 aliphatic rings. The molecule has 0 radical (unpaired) electrons. The summed E-state index contributed by atoms with van der Waals surface area (Å²) in [5.41, 5.74) is 0. The predicted molar refractivity (Wildman–Crippen MR) is 43.2 cm³/mol. The van der Waals surface area contributed by atoms with Crippen LogP contribution >= 0.6 is 0 Å². The Kier molecular flexibility index (Phi) is 4.65. The van der Waals surface area contributed by atoms with E-state index in [-0.39, 0.29) is 0 Å². The van der Waals surface area contributed by atoms with Gasteiger partial charge in [-0.2, -0.15) is 0 Å². The van der Waals surface area contributed by atoms with Gasteiger partial charge in [0.15, 0.2) is 0 Å². The summed E-state index contributed by atoms with van der Waals surface area (Å²) in [4.78, 5) is 0. The molecule has 0 aliphatic heterocycles. The van der Waals surface area contributed by atoms with E-state index in [4.69, 9.17) is 0 Å². The molecule has 0 N–H and O–H groups in total. The van der Waals surface area contributed by atoms with E-state index < -0.39 is 0 Å². The molecular formula is C9H19+. The van der Waals surface area contributed by atoms with Crippen molar-refractivity contribution >= 4 is 0 Å². The molecule has 0 aromatic rings. The topological polar surface area (TPSA) is 0 Å². The summed E-state index contributed by atoms with van der Waals surface area (Å²) < 4.78 is 0. The van der Waals surface area contributed by atoms with Gasteiger partial charge in [-0.1, -0.05) is 20.8 Å². The van der Waals surface area contributed by atoms with Gasteiger partial charge in [0.05, 0.1) is 13.3 Å². The Labute approximate surface area is 59.7 Å².